The quantitative estimate of drug-likeness (QED) is 0.665. The zero-order valence-electron chi connectivity index (χ0n) is 8.55. The molecule has 0 aromatic heterocycles. The van der Waals surface area contributed by atoms with Crippen LogP contribution in [0.4, 0.5) is 0 Å². The molecule has 2 heteroatoms. The van der Waals surface area contributed by atoms with Crippen molar-refractivity contribution in [1.82, 2.24) is 4.90 Å². The van der Waals surface area contributed by atoms with Crippen LogP contribution in [0.25, 0.3) is 0 Å². The lowest BCUT2D eigenvalue weighted by Crippen LogP contribution is -2.30. The molecule has 1 heterocycles. The van der Waals surface area contributed by atoms with Gasteiger partial charge in [-0.2, -0.15) is 11.8 Å². The molecule has 0 aromatic rings. The van der Waals surface area contributed by atoms with E-state index in [-0.39, 0.29) is 0 Å². The summed E-state index contributed by atoms with van der Waals surface area (Å²) in [6, 6.07) is 0.812. The Morgan fingerprint density at radius 2 is 2.17 bits per heavy atom. The monoisotopic (exact) mass is 187 g/mol. The highest BCUT2D eigenvalue weighted by Gasteiger charge is 2.28. The fourth-order valence-electron chi connectivity index (χ4n) is 1.91. The van der Waals surface area contributed by atoms with Gasteiger partial charge in [0, 0.05) is 11.3 Å². The Morgan fingerprint density at radius 1 is 1.42 bits per heavy atom. The van der Waals surface area contributed by atoms with Crippen molar-refractivity contribution >= 4 is 11.8 Å². The van der Waals surface area contributed by atoms with Gasteiger partial charge in [0.25, 0.3) is 0 Å². The standard InChI is InChI=1S/C10H21NS/c1-4-8-12-10-6-7-11(5-2)9(10)3/h9-10H,4-8H2,1-3H3. The summed E-state index contributed by atoms with van der Waals surface area (Å²) in [6.07, 6.45) is 2.72. The van der Waals surface area contributed by atoms with Crippen molar-refractivity contribution in [3.63, 3.8) is 0 Å². The highest BCUT2D eigenvalue weighted by molar-refractivity contribution is 7.99. The summed E-state index contributed by atoms with van der Waals surface area (Å²) in [7, 11) is 0. The van der Waals surface area contributed by atoms with Crippen molar-refractivity contribution in [3.8, 4) is 0 Å². The molecular formula is C10H21NS. The van der Waals surface area contributed by atoms with E-state index < -0.39 is 0 Å². The lowest BCUT2D eigenvalue weighted by Gasteiger charge is -2.22. The van der Waals surface area contributed by atoms with E-state index in [4.69, 9.17) is 0 Å². The average Bonchev–Trinajstić information content (AvgIpc) is 2.43. The molecule has 0 spiro atoms. The van der Waals surface area contributed by atoms with Crippen LogP contribution in [0, 0.1) is 0 Å². The Bertz CT molecular complexity index is 127. The topological polar surface area (TPSA) is 3.24 Å². The van der Waals surface area contributed by atoms with Crippen LogP contribution in [0.3, 0.4) is 0 Å². The third kappa shape index (κ3) is 2.40. The Morgan fingerprint density at radius 3 is 2.67 bits per heavy atom. The van der Waals surface area contributed by atoms with Crippen LogP contribution in [-0.2, 0) is 0 Å². The highest BCUT2D eigenvalue weighted by Crippen LogP contribution is 2.28. The molecule has 0 bridgehead atoms. The van der Waals surface area contributed by atoms with E-state index in [1.54, 1.807) is 0 Å². The Labute approximate surface area is 80.9 Å². The maximum atomic E-state index is 2.59. The SMILES string of the molecule is CCCSC1CCN(CC)C1C. The van der Waals surface area contributed by atoms with Gasteiger partial charge in [-0.1, -0.05) is 13.8 Å². The second-order valence-electron chi connectivity index (χ2n) is 3.57. The lowest BCUT2D eigenvalue weighted by atomic mass is 10.2. The van der Waals surface area contributed by atoms with Crippen LogP contribution in [0.1, 0.15) is 33.6 Å². The third-order valence-corrected chi connectivity index (χ3v) is 4.46. The molecule has 0 amide bonds. The van der Waals surface area contributed by atoms with Gasteiger partial charge < -0.3 is 0 Å². The molecule has 2 unspecified atom stereocenters. The number of hydrogen-bond acceptors (Lipinski definition) is 2. The van der Waals surface area contributed by atoms with E-state index in [9.17, 15) is 0 Å². The maximum Gasteiger partial charge on any atom is 0.0212 e. The molecular weight excluding hydrogens is 166 g/mol. The van der Waals surface area contributed by atoms with Crippen molar-refractivity contribution in [2.45, 2.75) is 44.9 Å². The minimum atomic E-state index is 0.812. The summed E-state index contributed by atoms with van der Waals surface area (Å²) in [5.74, 6) is 1.34. The van der Waals surface area contributed by atoms with Crippen LogP contribution in [0.2, 0.25) is 0 Å². The summed E-state index contributed by atoms with van der Waals surface area (Å²) in [6.45, 7) is 9.46. The van der Waals surface area contributed by atoms with E-state index in [2.05, 4.69) is 37.4 Å². The number of thioether (sulfide) groups is 1. The number of hydrogen-bond donors (Lipinski definition) is 0. The predicted octanol–water partition coefficient (Wildman–Crippen LogP) is 2.61. The first-order chi connectivity index (χ1) is 5.79. The minimum absolute atomic E-state index is 0.812. The van der Waals surface area contributed by atoms with Crippen LogP contribution in [0.15, 0.2) is 0 Å². The molecule has 0 aliphatic carbocycles. The lowest BCUT2D eigenvalue weighted by molar-refractivity contribution is 0.286. The van der Waals surface area contributed by atoms with Gasteiger partial charge in [-0.15, -0.1) is 0 Å². The smallest absolute Gasteiger partial charge is 0.0212 e. The van der Waals surface area contributed by atoms with Gasteiger partial charge in [0.15, 0.2) is 0 Å². The normalized spacial score (nSPS) is 31.2. The number of likely N-dealkylation sites (tertiary alicyclic amines) is 1. The van der Waals surface area contributed by atoms with Gasteiger partial charge in [-0.3, -0.25) is 4.90 Å². The average molecular weight is 187 g/mol. The van der Waals surface area contributed by atoms with Gasteiger partial charge in [0.2, 0.25) is 0 Å². The molecule has 72 valence electrons. The van der Waals surface area contributed by atoms with E-state index >= 15 is 0 Å². The van der Waals surface area contributed by atoms with Crippen LogP contribution in [0.5, 0.6) is 0 Å². The van der Waals surface area contributed by atoms with E-state index in [0.29, 0.717) is 0 Å². The molecule has 1 aliphatic heterocycles. The number of rotatable bonds is 4. The molecule has 12 heavy (non-hydrogen) atoms. The van der Waals surface area contributed by atoms with Crippen LogP contribution in [-0.4, -0.2) is 35.0 Å². The summed E-state index contributed by atoms with van der Waals surface area (Å²) in [5, 5.41) is 0.907. The zero-order chi connectivity index (χ0) is 8.97. The minimum Gasteiger partial charge on any atom is -0.300 e. The fourth-order valence-corrected chi connectivity index (χ4v) is 3.17. The Kier molecular flexibility index (Phi) is 4.44. The molecule has 1 aliphatic rings. The molecule has 1 saturated heterocycles. The van der Waals surface area contributed by atoms with E-state index in [0.717, 1.165) is 11.3 Å². The molecule has 1 rings (SSSR count). The summed E-state index contributed by atoms with van der Waals surface area (Å²) in [4.78, 5) is 2.59. The van der Waals surface area contributed by atoms with E-state index in [1.165, 1.54) is 31.7 Å². The first-order valence-corrected chi connectivity index (χ1v) is 6.20. The molecule has 0 saturated carbocycles. The Balaban J connectivity index is 2.28. The van der Waals surface area contributed by atoms with Crippen LogP contribution < -0.4 is 0 Å². The second kappa shape index (κ2) is 5.13. The Hall–Kier alpha value is 0.310. The van der Waals surface area contributed by atoms with Gasteiger partial charge in [0.05, 0.1) is 0 Å². The molecule has 1 fully saturated rings. The van der Waals surface area contributed by atoms with Crippen LogP contribution >= 0.6 is 11.8 Å². The van der Waals surface area contributed by atoms with Crippen molar-refractivity contribution in [2.24, 2.45) is 0 Å². The van der Waals surface area contributed by atoms with Gasteiger partial charge >= 0.3 is 0 Å². The molecule has 0 radical (unpaired) electrons. The third-order valence-electron chi connectivity index (χ3n) is 2.76. The van der Waals surface area contributed by atoms with E-state index in [1.807, 2.05) is 0 Å². The molecule has 0 aromatic carbocycles. The summed E-state index contributed by atoms with van der Waals surface area (Å²) < 4.78 is 0. The van der Waals surface area contributed by atoms with Crippen molar-refractivity contribution in [2.75, 3.05) is 18.8 Å². The summed E-state index contributed by atoms with van der Waals surface area (Å²) in [5.41, 5.74) is 0. The van der Waals surface area contributed by atoms with Gasteiger partial charge in [-0.05, 0) is 38.6 Å². The molecule has 0 N–H and O–H groups in total. The van der Waals surface area contributed by atoms with Crippen molar-refractivity contribution in [3.05, 3.63) is 0 Å². The van der Waals surface area contributed by atoms with Gasteiger partial charge in [0.1, 0.15) is 0 Å². The molecule has 1 nitrogen and oxygen atoms in total. The largest absolute Gasteiger partial charge is 0.300 e. The number of nitrogens with zero attached hydrogens (tertiary/aromatic N) is 1. The van der Waals surface area contributed by atoms with Crippen molar-refractivity contribution < 1.29 is 0 Å². The first-order valence-electron chi connectivity index (χ1n) is 5.15. The predicted molar refractivity (Wildman–Crippen MR) is 57.9 cm³/mol. The zero-order valence-corrected chi connectivity index (χ0v) is 9.36. The summed E-state index contributed by atoms with van der Waals surface area (Å²) >= 11 is 2.17. The highest BCUT2D eigenvalue weighted by atomic mass is 32.2. The first kappa shape index (κ1) is 10.4. The fraction of sp³-hybridized carbons (Fsp3) is 1.00. The van der Waals surface area contributed by atoms with Crippen molar-refractivity contribution in [1.29, 1.82) is 0 Å². The maximum absolute atomic E-state index is 2.59. The second-order valence-corrected chi connectivity index (χ2v) is 4.91. The molecule has 2 atom stereocenters. The van der Waals surface area contributed by atoms with Gasteiger partial charge in [-0.25, -0.2) is 0 Å².